The second-order valence-corrected chi connectivity index (χ2v) is 4.68. The van der Waals surface area contributed by atoms with Crippen LogP contribution < -0.4 is 5.48 Å². The van der Waals surface area contributed by atoms with Gasteiger partial charge in [0.15, 0.2) is 6.29 Å². The van der Waals surface area contributed by atoms with Crippen LogP contribution in [0.2, 0.25) is 0 Å². The predicted molar refractivity (Wildman–Crippen MR) is 66.1 cm³/mol. The lowest BCUT2D eigenvalue weighted by molar-refractivity contribution is -0.272. The standard InChI is InChI=1S/C11H18ClNO6/c1-2-3-6(12)11(17)13-19-9-4-7(15)10(16)8(5-14)18-9/h2,6-10,14-16H,1,3-5H2,(H,13,17)/t6?,7-,8-,9+,10+/m1/s1. The zero-order valence-corrected chi connectivity index (χ0v) is 11.0. The van der Waals surface area contributed by atoms with Crippen molar-refractivity contribution in [2.75, 3.05) is 6.61 Å². The Labute approximate surface area is 115 Å². The van der Waals surface area contributed by atoms with Gasteiger partial charge in [0.1, 0.15) is 17.6 Å². The Balaban J connectivity index is 2.41. The van der Waals surface area contributed by atoms with E-state index in [1.807, 2.05) is 0 Å². The van der Waals surface area contributed by atoms with Gasteiger partial charge in [-0.2, -0.15) is 0 Å². The van der Waals surface area contributed by atoms with Gasteiger partial charge in [0, 0.05) is 6.42 Å². The lowest BCUT2D eigenvalue weighted by Crippen LogP contribution is -2.52. The molecule has 1 fully saturated rings. The number of aliphatic hydroxyl groups excluding tert-OH is 3. The van der Waals surface area contributed by atoms with Crippen LogP contribution in [0.3, 0.4) is 0 Å². The highest BCUT2D eigenvalue weighted by atomic mass is 35.5. The Bertz CT molecular complexity index is 316. The van der Waals surface area contributed by atoms with E-state index in [1.54, 1.807) is 0 Å². The molecule has 1 unspecified atom stereocenters. The van der Waals surface area contributed by atoms with Crippen molar-refractivity contribution in [3.05, 3.63) is 12.7 Å². The summed E-state index contributed by atoms with van der Waals surface area (Å²) in [4.78, 5) is 16.4. The molecule has 1 rings (SSSR count). The largest absolute Gasteiger partial charge is 0.394 e. The predicted octanol–water partition coefficient (Wildman–Crippen LogP) is -0.953. The van der Waals surface area contributed by atoms with Crippen molar-refractivity contribution in [3.8, 4) is 0 Å². The van der Waals surface area contributed by atoms with Crippen molar-refractivity contribution in [2.45, 2.75) is 42.8 Å². The van der Waals surface area contributed by atoms with Crippen LogP contribution in [0.15, 0.2) is 12.7 Å². The molecule has 1 amide bonds. The zero-order chi connectivity index (χ0) is 14.4. The van der Waals surface area contributed by atoms with Gasteiger partial charge >= 0.3 is 0 Å². The van der Waals surface area contributed by atoms with E-state index in [-0.39, 0.29) is 12.8 Å². The number of rotatable bonds is 6. The van der Waals surface area contributed by atoms with Gasteiger partial charge in [-0.25, -0.2) is 10.3 Å². The van der Waals surface area contributed by atoms with E-state index in [4.69, 9.17) is 26.3 Å². The summed E-state index contributed by atoms with van der Waals surface area (Å²) < 4.78 is 5.15. The lowest BCUT2D eigenvalue weighted by Gasteiger charge is -2.35. The van der Waals surface area contributed by atoms with Crippen molar-refractivity contribution < 1.29 is 29.7 Å². The Morgan fingerprint density at radius 2 is 2.32 bits per heavy atom. The Morgan fingerprint density at radius 3 is 2.89 bits per heavy atom. The molecule has 0 aromatic rings. The number of hydroxylamine groups is 1. The van der Waals surface area contributed by atoms with Crippen molar-refractivity contribution in [1.82, 2.24) is 5.48 Å². The first-order valence-electron chi connectivity index (χ1n) is 5.82. The molecule has 8 heteroatoms. The fraction of sp³-hybridized carbons (Fsp3) is 0.727. The summed E-state index contributed by atoms with van der Waals surface area (Å²) in [5.74, 6) is -0.564. The summed E-state index contributed by atoms with van der Waals surface area (Å²) in [5, 5.41) is 27.2. The summed E-state index contributed by atoms with van der Waals surface area (Å²) in [6.45, 7) is 2.98. The number of aliphatic hydroxyl groups is 3. The monoisotopic (exact) mass is 295 g/mol. The summed E-state index contributed by atoms with van der Waals surface area (Å²) in [6, 6.07) is 0. The number of halogens is 1. The second-order valence-electron chi connectivity index (χ2n) is 4.16. The molecule has 0 radical (unpaired) electrons. The number of carbonyl (C=O) groups excluding carboxylic acids is 1. The van der Waals surface area contributed by atoms with Crippen molar-refractivity contribution in [3.63, 3.8) is 0 Å². The van der Waals surface area contributed by atoms with Crippen LogP contribution in [0.25, 0.3) is 0 Å². The van der Waals surface area contributed by atoms with Gasteiger partial charge in [0.25, 0.3) is 5.91 Å². The van der Waals surface area contributed by atoms with Gasteiger partial charge in [-0.15, -0.1) is 18.2 Å². The van der Waals surface area contributed by atoms with Gasteiger partial charge < -0.3 is 20.1 Å². The van der Waals surface area contributed by atoms with E-state index in [2.05, 4.69) is 12.1 Å². The third-order valence-corrected chi connectivity index (χ3v) is 3.04. The smallest absolute Gasteiger partial charge is 0.261 e. The zero-order valence-electron chi connectivity index (χ0n) is 10.2. The van der Waals surface area contributed by atoms with Crippen LogP contribution >= 0.6 is 11.6 Å². The molecular weight excluding hydrogens is 278 g/mol. The van der Waals surface area contributed by atoms with Crippen LogP contribution in [0.1, 0.15) is 12.8 Å². The maximum Gasteiger partial charge on any atom is 0.261 e. The van der Waals surface area contributed by atoms with Gasteiger partial charge in [-0.3, -0.25) is 4.79 Å². The topological polar surface area (TPSA) is 108 Å². The third-order valence-electron chi connectivity index (χ3n) is 2.66. The molecule has 0 bridgehead atoms. The number of hydrogen-bond acceptors (Lipinski definition) is 6. The molecule has 1 heterocycles. The van der Waals surface area contributed by atoms with Gasteiger partial charge in [-0.1, -0.05) is 6.08 Å². The van der Waals surface area contributed by atoms with Crippen molar-refractivity contribution >= 4 is 17.5 Å². The molecule has 0 aromatic carbocycles. The van der Waals surface area contributed by atoms with Crippen LogP contribution in [0, 0.1) is 0 Å². The van der Waals surface area contributed by atoms with E-state index >= 15 is 0 Å². The molecule has 1 aliphatic rings. The number of amides is 1. The average Bonchev–Trinajstić information content (AvgIpc) is 2.39. The molecule has 4 N–H and O–H groups in total. The Kier molecular flexibility index (Phi) is 6.70. The van der Waals surface area contributed by atoms with Gasteiger partial charge in [0.2, 0.25) is 0 Å². The summed E-state index contributed by atoms with van der Waals surface area (Å²) >= 11 is 5.72. The van der Waals surface area contributed by atoms with E-state index in [0.29, 0.717) is 0 Å². The first-order valence-corrected chi connectivity index (χ1v) is 6.26. The summed E-state index contributed by atoms with van der Waals surface area (Å²) in [6.07, 6.45) is -2.49. The number of carbonyl (C=O) groups is 1. The van der Waals surface area contributed by atoms with E-state index in [1.165, 1.54) is 6.08 Å². The molecule has 0 saturated carbocycles. The number of allylic oxidation sites excluding steroid dienone is 1. The van der Waals surface area contributed by atoms with Crippen LogP contribution in [-0.4, -0.2) is 57.8 Å². The number of alkyl halides is 1. The molecular formula is C11H18ClNO6. The Morgan fingerprint density at radius 1 is 1.63 bits per heavy atom. The third kappa shape index (κ3) is 4.72. The molecule has 1 aliphatic heterocycles. The molecule has 110 valence electrons. The fourth-order valence-corrected chi connectivity index (χ4v) is 1.75. The highest BCUT2D eigenvalue weighted by Crippen LogP contribution is 2.20. The Hall–Kier alpha value is -0.700. The molecule has 0 spiro atoms. The summed E-state index contributed by atoms with van der Waals surface area (Å²) in [7, 11) is 0. The van der Waals surface area contributed by atoms with E-state index < -0.39 is 42.5 Å². The second kappa shape index (κ2) is 7.78. The van der Waals surface area contributed by atoms with Gasteiger partial charge in [0.05, 0.1) is 12.7 Å². The normalized spacial score (nSPS) is 32.6. The minimum atomic E-state index is -1.19. The molecule has 1 saturated heterocycles. The first-order chi connectivity index (χ1) is 8.99. The van der Waals surface area contributed by atoms with E-state index in [9.17, 15) is 15.0 Å². The summed E-state index contributed by atoms with van der Waals surface area (Å²) in [5.41, 5.74) is 2.10. The fourth-order valence-electron chi connectivity index (χ4n) is 1.58. The number of nitrogens with one attached hydrogen (secondary N) is 1. The van der Waals surface area contributed by atoms with Gasteiger partial charge in [-0.05, 0) is 6.42 Å². The molecule has 0 aromatic heterocycles. The highest BCUT2D eigenvalue weighted by Gasteiger charge is 2.37. The average molecular weight is 296 g/mol. The number of ether oxygens (including phenoxy) is 1. The minimum Gasteiger partial charge on any atom is -0.394 e. The minimum absolute atomic E-state index is 0.0354. The molecule has 7 nitrogen and oxygen atoms in total. The highest BCUT2D eigenvalue weighted by molar-refractivity contribution is 6.30. The maximum atomic E-state index is 11.4. The van der Waals surface area contributed by atoms with Crippen LogP contribution in [0.4, 0.5) is 0 Å². The molecule has 0 aliphatic carbocycles. The maximum absolute atomic E-state index is 11.4. The van der Waals surface area contributed by atoms with Crippen molar-refractivity contribution in [1.29, 1.82) is 0 Å². The molecule has 19 heavy (non-hydrogen) atoms. The van der Waals surface area contributed by atoms with Crippen molar-refractivity contribution in [2.24, 2.45) is 0 Å². The lowest BCUT2D eigenvalue weighted by atomic mass is 10.0. The SMILES string of the molecule is C=CCC(Cl)C(=O)NO[C@H]1C[C@@H](O)[C@H](O)[C@@H](CO)O1. The van der Waals surface area contributed by atoms with Crippen LogP contribution in [-0.2, 0) is 14.4 Å². The first kappa shape index (κ1) is 16.4. The molecule has 5 atom stereocenters. The quantitative estimate of drug-likeness (QED) is 0.286. The number of hydrogen-bond donors (Lipinski definition) is 4. The van der Waals surface area contributed by atoms with E-state index in [0.717, 1.165) is 0 Å². The van der Waals surface area contributed by atoms with Crippen LogP contribution in [0.5, 0.6) is 0 Å².